The van der Waals surface area contributed by atoms with E-state index < -0.39 is 0 Å². The summed E-state index contributed by atoms with van der Waals surface area (Å²) in [5.74, 6) is 0.740. The number of hydrogen-bond donors (Lipinski definition) is 0. The second-order valence-electron chi connectivity index (χ2n) is 9.07. The van der Waals surface area contributed by atoms with Crippen molar-refractivity contribution in [1.82, 2.24) is 24.3 Å². The van der Waals surface area contributed by atoms with Crippen LogP contribution in [-0.4, -0.2) is 123 Å². The molecule has 4 rings (SSSR count). The predicted molar refractivity (Wildman–Crippen MR) is 132 cm³/mol. The molecule has 35 heavy (non-hydrogen) atoms. The molecule has 2 saturated heterocycles. The average molecular weight is 488 g/mol. The van der Waals surface area contributed by atoms with Gasteiger partial charge in [0.25, 0.3) is 5.91 Å². The largest absolute Gasteiger partial charge is 0.497 e. The Labute approximate surface area is 206 Å². The van der Waals surface area contributed by atoms with Gasteiger partial charge in [0.1, 0.15) is 5.75 Å². The van der Waals surface area contributed by atoms with E-state index in [0.29, 0.717) is 44.2 Å². The third-order valence-corrected chi connectivity index (χ3v) is 6.94. The lowest BCUT2D eigenvalue weighted by Crippen LogP contribution is -2.51. The number of carbonyl (C=O) groups is 2. The van der Waals surface area contributed by atoms with E-state index in [1.807, 2.05) is 29.3 Å². The minimum Gasteiger partial charge on any atom is -0.497 e. The van der Waals surface area contributed by atoms with E-state index in [0.717, 1.165) is 56.6 Å². The lowest BCUT2D eigenvalue weighted by molar-refractivity contribution is -0.136. The third kappa shape index (κ3) is 6.13. The summed E-state index contributed by atoms with van der Waals surface area (Å²) < 4.78 is 12.9. The number of aromatic nitrogens is 1. The molecule has 2 aliphatic rings. The van der Waals surface area contributed by atoms with Crippen LogP contribution in [0.4, 0.5) is 0 Å². The van der Waals surface area contributed by atoms with Gasteiger partial charge < -0.3 is 23.8 Å². The quantitative estimate of drug-likeness (QED) is 0.491. The Hall–Kier alpha value is -2.66. The van der Waals surface area contributed by atoms with Crippen LogP contribution in [0.1, 0.15) is 16.8 Å². The number of carbonyl (C=O) groups excluding carboxylic acids is 2. The number of amides is 2. The maximum absolute atomic E-state index is 12.8. The number of ether oxygens (including phenoxy) is 2. The Bertz CT molecular complexity index is 1010. The van der Waals surface area contributed by atoms with Crippen LogP contribution >= 0.6 is 0 Å². The zero-order chi connectivity index (χ0) is 24.8. The monoisotopic (exact) mass is 487 g/mol. The third-order valence-electron chi connectivity index (χ3n) is 6.94. The van der Waals surface area contributed by atoms with Crippen molar-refractivity contribution >= 4 is 22.7 Å². The summed E-state index contributed by atoms with van der Waals surface area (Å²) >= 11 is 0. The summed E-state index contributed by atoms with van der Waals surface area (Å²) in [7, 11) is 4.72. The Balaban J connectivity index is 1.30. The molecule has 1 aromatic heterocycles. The second kappa shape index (κ2) is 11.9. The van der Waals surface area contributed by atoms with E-state index >= 15 is 0 Å². The molecular weight excluding hydrogens is 450 g/mol. The van der Waals surface area contributed by atoms with E-state index in [1.165, 1.54) is 12.2 Å². The van der Waals surface area contributed by atoms with Gasteiger partial charge in [-0.25, -0.2) is 5.06 Å². The summed E-state index contributed by atoms with van der Waals surface area (Å²) in [5.41, 5.74) is 1.60. The van der Waals surface area contributed by atoms with Gasteiger partial charge in [0.2, 0.25) is 5.91 Å². The molecule has 192 valence electrons. The fourth-order valence-corrected chi connectivity index (χ4v) is 4.75. The number of hydroxylamine groups is 2. The summed E-state index contributed by atoms with van der Waals surface area (Å²) in [6, 6.07) is 5.83. The second-order valence-corrected chi connectivity index (χ2v) is 9.07. The molecule has 0 N–H and O–H groups in total. The van der Waals surface area contributed by atoms with Gasteiger partial charge >= 0.3 is 0 Å². The van der Waals surface area contributed by atoms with Crippen LogP contribution < -0.4 is 4.74 Å². The number of nitrogens with zero attached hydrogens (tertiary/aromatic N) is 5. The van der Waals surface area contributed by atoms with Gasteiger partial charge in [-0.15, -0.1) is 0 Å². The maximum Gasteiger partial charge on any atom is 0.279 e. The Kier molecular flexibility index (Phi) is 8.61. The zero-order valence-corrected chi connectivity index (χ0v) is 21.1. The first-order chi connectivity index (χ1) is 17.0. The van der Waals surface area contributed by atoms with Gasteiger partial charge in [0.05, 0.1) is 39.5 Å². The molecule has 10 heteroatoms. The SMILES string of the molecule is COc1ccc2c(c1)c(C(=O)N(C)OC)cn2CCCN1CCN(CC(=O)N2CCOCC2)CC1. The smallest absolute Gasteiger partial charge is 0.279 e. The first-order valence-electron chi connectivity index (χ1n) is 12.3. The van der Waals surface area contributed by atoms with Crippen LogP contribution in [-0.2, 0) is 20.9 Å². The van der Waals surface area contributed by atoms with Crippen molar-refractivity contribution in [2.75, 3.05) is 86.8 Å². The molecule has 2 aromatic rings. The molecule has 0 radical (unpaired) electrons. The van der Waals surface area contributed by atoms with Gasteiger partial charge in [-0.3, -0.25) is 19.3 Å². The lowest BCUT2D eigenvalue weighted by atomic mass is 10.1. The van der Waals surface area contributed by atoms with E-state index in [-0.39, 0.29) is 11.8 Å². The van der Waals surface area contributed by atoms with Crippen molar-refractivity contribution in [3.8, 4) is 5.75 Å². The van der Waals surface area contributed by atoms with Crippen molar-refractivity contribution in [2.45, 2.75) is 13.0 Å². The van der Waals surface area contributed by atoms with E-state index in [4.69, 9.17) is 14.3 Å². The summed E-state index contributed by atoms with van der Waals surface area (Å²) in [6.07, 6.45) is 2.88. The highest BCUT2D eigenvalue weighted by atomic mass is 16.7. The van der Waals surface area contributed by atoms with Gasteiger partial charge in [-0.05, 0) is 31.2 Å². The molecule has 0 aliphatic carbocycles. The number of aryl methyl sites for hydroxylation is 1. The highest BCUT2D eigenvalue weighted by Gasteiger charge is 2.23. The van der Waals surface area contributed by atoms with Crippen molar-refractivity contribution < 1.29 is 23.9 Å². The average Bonchev–Trinajstić information content (AvgIpc) is 3.26. The number of piperazine rings is 1. The Morgan fingerprint density at radius 1 is 1.00 bits per heavy atom. The molecule has 0 bridgehead atoms. The molecule has 0 atom stereocenters. The van der Waals surface area contributed by atoms with Gasteiger partial charge in [-0.1, -0.05) is 0 Å². The molecular formula is C25H37N5O5. The maximum atomic E-state index is 12.8. The van der Waals surface area contributed by atoms with Gasteiger partial charge in [0, 0.05) is 70.0 Å². The standard InChI is InChI=1S/C25H37N5O5/c1-26(34-3)25(32)22-18-30(23-6-5-20(33-2)17-21(22)23)8-4-7-27-9-11-28(12-10-27)19-24(31)29-13-15-35-16-14-29/h5-6,17-18H,4,7-16,19H2,1-3H3. The first kappa shape index (κ1) is 25.4. The number of fused-ring (bicyclic) bond motifs is 1. The minimum absolute atomic E-state index is 0.188. The number of morpholine rings is 1. The number of hydrogen-bond acceptors (Lipinski definition) is 7. The highest BCUT2D eigenvalue weighted by Crippen LogP contribution is 2.27. The van der Waals surface area contributed by atoms with Crippen LogP contribution in [0.15, 0.2) is 24.4 Å². The summed E-state index contributed by atoms with van der Waals surface area (Å²) in [4.78, 5) is 37.1. The lowest BCUT2D eigenvalue weighted by Gasteiger charge is -2.36. The van der Waals surface area contributed by atoms with E-state index in [1.54, 1.807) is 14.2 Å². The van der Waals surface area contributed by atoms with Crippen molar-refractivity contribution in [3.05, 3.63) is 30.0 Å². The molecule has 2 fully saturated rings. The fraction of sp³-hybridized carbons (Fsp3) is 0.600. The van der Waals surface area contributed by atoms with Crippen LogP contribution in [0.5, 0.6) is 5.75 Å². The van der Waals surface area contributed by atoms with E-state index in [2.05, 4.69) is 14.4 Å². The molecule has 10 nitrogen and oxygen atoms in total. The molecule has 0 spiro atoms. The number of rotatable bonds is 9. The summed E-state index contributed by atoms with van der Waals surface area (Å²) in [5, 5.41) is 2.10. The summed E-state index contributed by atoms with van der Waals surface area (Å²) in [6.45, 7) is 8.71. The molecule has 0 saturated carbocycles. The number of methoxy groups -OCH3 is 1. The van der Waals surface area contributed by atoms with E-state index in [9.17, 15) is 9.59 Å². The van der Waals surface area contributed by atoms with Crippen LogP contribution in [0.25, 0.3) is 10.9 Å². The van der Waals surface area contributed by atoms with Crippen LogP contribution in [0, 0.1) is 0 Å². The van der Waals surface area contributed by atoms with Crippen LogP contribution in [0.2, 0.25) is 0 Å². The van der Waals surface area contributed by atoms with Crippen molar-refractivity contribution in [2.24, 2.45) is 0 Å². The van der Waals surface area contributed by atoms with Crippen molar-refractivity contribution in [1.29, 1.82) is 0 Å². The highest BCUT2D eigenvalue weighted by molar-refractivity contribution is 6.06. The topological polar surface area (TPSA) is 79.7 Å². The molecule has 1 aromatic carbocycles. The molecule has 2 aliphatic heterocycles. The van der Waals surface area contributed by atoms with Crippen molar-refractivity contribution in [3.63, 3.8) is 0 Å². The first-order valence-corrected chi connectivity index (χ1v) is 12.3. The van der Waals surface area contributed by atoms with Gasteiger partial charge in [-0.2, -0.15) is 0 Å². The molecule has 2 amide bonds. The van der Waals surface area contributed by atoms with Gasteiger partial charge in [0.15, 0.2) is 0 Å². The fourth-order valence-electron chi connectivity index (χ4n) is 4.75. The Morgan fingerprint density at radius 3 is 2.40 bits per heavy atom. The predicted octanol–water partition coefficient (Wildman–Crippen LogP) is 1.15. The normalized spacial score (nSPS) is 17.6. The van der Waals surface area contributed by atoms with Crippen LogP contribution in [0.3, 0.4) is 0 Å². The minimum atomic E-state index is -0.188. The number of benzene rings is 1. The molecule has 0 unspecified atom stereocenters. The molecule has 3 heterocycles. The zero-order valence-electron chi connectivity index (χ0n) is 21.1. The Morgan fingerprint density at radius 2 is 1.71 bits per heavy atom.